The van der Waals surface area contributed by atoms with Crippen LogP contribution in [0.1, 0.15) is 48.9 Å². The summed E-state index contributed by atoms with van der Waals surface area (Å²) in [6.07, 6.45) is 2.94. The van der Waals surface area contributed by atoms with Crippen molar-refractivity contribution in [2.24, 2.45) is 0 Å². The molecular formula is C29H30N6O8. The lowest BCUT2D eigenvalue weighted by Crippen LogP contribution is -2.54. The first-order chi connectivity index (χ1) is 20.6. The van der Waals surface area contributed by atoms with Gasteiger partial charge in [0.05, 0.1) is 21.5 Å². The summed E-state index contributed by atoms with van der Waals surface area (Å²) in [5, 5.41) is 31.3. The molecule has 4 heterocycles. The second-order valence-electron chi connectivity index (χ2n) is 11.2. The van der Waals surface area contributed by atoms with Crippen molar-refractivity contribution in [3.05, 3.63) is 52.1 Å². The summed E-state index contributed by atoms with van der Waals surface area (Å²) in [6, 6.07) is 6.11. The number of nitro groups is 1. The van der Waals surface area contributed by atoms with Crippen LogP contribution in [-0.4, -0.2) is 101 Å². The van der Waals surface area contributed by atoms with E-state index in [1.54, 1.807) is 6.07 Å². The number of rotatable bonds is 6. The number of non-ortho nitro benzene ring substituents is 1. The molecule has 3 amide bonds. The first-order valence-electron chi connectivity index (χ1n) is 14.3. The van der Waals surface area contributed by atoms with Gasteiger partial charge >= 0.3 is 5.97 Å². The monoisotopic (exact) mass is 590 g/mol. The fourth-order valence-electron chi connectivity index (χ4n) is 6.48. The molecule has 14 heteroatoms. The molecule has 0 radical (unpaired) electrons. The van der Waals surface area contributed by atoms with Crippen LogP contribution in [-0.2, 0) is 14.4 Å². The van der Waals surface area contributed by atoms with E-state index < -0.39 is 34.9 Å². The average Bonchev–Trinajstić information content (AvgIpc) is 3.81. The number of fused-ring (bicyclic) bond motifs is 1. The smallest absolute Gasteiger partial charge is 0.326 e. The third-order valence-electron chi connectivity index (χ3n) is 8.62. The van der Waals surface area contributed by atoms with Gasteiger partial charge in [0.25, 0.3) is 11.6 Å². The van der Waals surface area contributed by atoms with Gasteiger partial charge < -0.3 is 29.9 Å². The lowest BCUT2D eigenvalue weighted by atomic mass is 10.1. The number of imidazole rings is 1. The second kappa shape index (κ2) is 11.0. The molecule has 3 saturated heterocycles. The number of amides is 3. The third-order valence-corrected chi connectivity index (χ3v) is 8.62. The van der Waals surface area contributed by atoms with E-state index >= 15 is 0 Å². The van der Waals surface area contributed by atoms with E-state index in [0.717, 1.165) is 0 Å². The fraction of sp³-hybridized carbons (Fsp3) is 0.414. The first-order valence-corrected chi connectivity index (χ1v) is 14.3. The largest absolute Gasteiger partial charge is 0.507 e. The van der Waals surface area contributed by atoms with Crippen LogP contribution < -0.4 is 0 Å². The number of nitrogens with one attached hydrogen (secondary N) is 1. The molecule has 0 saturated carbocycles. The maximum absolute atomic E-state index is 13.8. The van der Waals surface area contributed by atoms with Gasteiger partial charge in [0, 0.05) is 37.3 Å². The number of hydrogen-bond donors (Lipinski definition) is 3. The number of carboxylic acids is 1. The molecule has 3 fully saturated rings. The Kier molecular flexibility index (Phi) is 7.20. The van der Waals surface area contributed by atoms with Crippen LogP contribution in [0.3, 0.4) is 0 Å². The molecule has 224 valence electrons. The van der Waals surface area contributed by atoms with Gasteiger partial charge in [0.2, 0.25) is 11.8 Å². The predicted molar refractivity (Wildman–Crippen MR) is 151 cm³/mol. The minimum Gasteiger partial charge on any atom is -0.507 e. The summed E-state index contributed by atoms with van der Waals surface area (Å²) in [5.41, 5.74) is 1.27. The highest BCUT2D eigenvalue weighted by atomic mass is 16.6. The van der Waals surface area contributed by atoms with Crippen LogP contribution in [0, 0.1) is 10.1 Å². The topological polar surface area (TPSA) is 190 Å². The van der Waals surface area contributed by atoms with Crippen LogP contribution >= 0.6 is 0 Å². The Morgan fingerprint density at radius 1 is 0.860 bits per heavy atom. The van der Waals surface area contributed by atoms with Gasteiger partial charge in [0.15, 0.2) is 0 Å². The van der Waals surface area contributed by atoms with Crippen LogP contribution in [0.2, 0.25) is 0 Å². The Bertz CT molecular complexity index is 1650. The number of aliphatic carboxylic acids is 1. The number of likely N-dealkylation sites (tertiary alicyclic amines) is 3. The molecule has 0 spiro atoms. The Labute approximate surface area is 245 Å². The molecule has 0 unspecified atom stereocenters. The van der Waals surface area contributed by atoms with Gasteiger partial charge in [-0.15, -0.1) is 0 Å². The van der Waals surface area contributed by atoms with Crippen LogP contribution in [0.15, 0.2) is 36.4 Å². The van der Waals surface area contributed by atoms with Crippen molar-refractivity contribution in [3.8, 4) is 17.1 Å². The molecule has 1 aromatic heterocycles. The zero-order chi connectivity index (χ0) is 30.4. The number of benzene rings is 2. The quantitative estimate of drug-likeness (QED) is 0.286. The van der Waals surface area contributed by atoms with Gasteiger partial charge in [-0.25, -0.2) is 9.78 Å². The molecule has 6 rings (SSSR count). The first kappa shape index (κ1) is 28.1. The Hall–Kier alpha value is -5.01. The molecule has 0 bridgehead atoms. The standard InChI is InChI=1S/C29H30N6O8/c36-24-10-7-16(25-30-19-9-8-17(35(42)43)15-20(19)31-25)14-18(24)26(37)32-11-1-4-21(32)27(38)33-12-2-5-22(33)28(39)34-13-3-6-23(34)29(40)41/h7-10,14-15,21-23,36H,1-6,11-13H2,(H,30,31)(H,40,41)/t21-,22-,23-/m0/s1. The highest BCUT2D eigenvalue weighted by Gasteiger charge is 2.45. The van der Waals surface area contributed by atoms with E-state index in [1.165, 1.54) is 45.0 Å². The third kappa shape index (κ3) is 5.02. The summed E-state index contributed by atoms with van der Waals surface area (Å²) in [7, 11) is 0. The molecule has 0 aliphatic carbocycles. The van der Waals surface area contributed by atoms with Crippen molar-refractivity contribution in [1.82, 2.24) is 24.7 Å². The van der Waals surface area contributed by atoms with E-state index in [0.29, 0.717) is 74.0 Å². The lowest BCUT2D eigenvalue weighted by molar-refractivity contribution is -0.384. The molecule has 14 nitrogen and oxygen atoms in total. The Morgan fingerprint density at radius 2 is 1.47 bits per heavy atom. The SMILES string of the molecule is O=C(O)[C@@H]1CCCN1C(=O)[C@@H]1CCCN1C(=O)[C@@H]1CCCN1C(=O)c1cc(-c2nc3ccc([N+](=O)[O-])cc3[nH]2)ccc1O. The molecule has 3 aliphatic heterocycles. The van der Waals surface area contributed by atoms with Crippen molar-refractivity contribution >= 4 is 40.4 Å². The van der Waals surface area contributed by atoms with Crippen LogP contribution in [0.5, 0.6) is 5.75 Å². The summed E-state index contributed by atoms with van der Waals surface area (Å²) >= 11 is 0. The number of nitrogens with zero attached hydrogens (tertiary/aromatic N) is 5. The fourth-order valence-corrected chi connectivity index (χ4v) is 6.48. The van der Waals surface area contributed by atoms with Crippen molar-refractivity contribution in [2.45, 2.75) is 56.7 Å². The minimum absolute atomic E-state index is 0.0287. The highest BCUT2D eigenvalue weighted by molar-refractivity contribution is 6.01. The molecular weight excluding hydrogens is 560 g/mol. The van der Waals surface area contributed by atoms with Crippen molar-refractivity contribution in [3.63, 3.8) is 0 Å². The summed E-state index contributed by atoms with van der Waals surface area (Å²) < 4.78 is 0. The Morgan fingerprint density at radius 3 is 2.12 bits per heavy atom. The van der Waals surface area contributed by atoms with Gasteiger partial charge in [0.1, 0.15) is 29.7 Å². The Balaban J connectivity index is 1.23. The van der Waals surface area contributed by atoms with E-state index in [9.17, 15) is 39.5 Å². The molecule has 2 aromatic carbocycles. The number of phenols is 1. The number of carboxylic acid groups (broad SMARTS) is 1. The predicted octanol–water partition coefficient (Wildman–Crippen LogP) is 2.51. The minimum atomic E-state index is -1.06. The number of H-pyrrole nitrogens is 1. The molecule has 43 heavy (non-hydrogen) atoms. The van der Waals surface area contributed by atoms with Crippen LogP contribution in [0.4, 0.5) is 5.69 Å². The highest BCUT2D eigenvalue weighted by Crippen LogP contribution is 2.32. The maximum atomic E-state index is 13.8. The van der Waals surface area contributed by atoms with E-state index in [4.69, 9.17) is 0 Å². The van der Waals surface area contributed by atoms with Crippen molar-refractivity contribution < 1.29 is 34.3 Å². The van der Waals surface area contributed by atoms with Crippen LogP contribution in [0.25, 0.3) is 22.4 Å². The summed E-state index contributed by atoms with van der Waals surface area (Å²) in [6.45, 7) is 0.956. The number of carbonyl (C=O) groups is 4. The number of carbonyl (C=O) groups excluding carboxylic acids is 3. The zero-order valence-electron chi connectivity index (χ0n) is 23.1. The molecule has 3 N–H and O–H groups in total. The molecule has 3 atom stereocenters. The maximum Gasteiger partial charge on any atom is 0.326 e. The normalized spacial score (nSPS) is 22.0. The number of phenolic OH excluding ortho intramolecular Hbond substituents is 1. The van der Waals surface area contributed by atoms with Gasteiger partial charge in [-0.05, 0) is 62.8 Å². The van der Waals surface area contributed by atoms with Crippen molar-refractivity contribution in [1.29, 1.82) is 0 Å². The summed E-state index contributed by atoms with van der Waals surface area (Å²) in [5.74, 6) is -2.26. The number of aromatic nitrogens is 2. The van der Waals surface area contributed by atoms with E-state index in [2.05, 4.69) is 9.97 Å². The van der Waals surface area contributed by atoms with Gasteiger partial charge in [-0.2, -0.15) is 0 Å². The summed E-state index contributed by atoms with van der Waals surface area (Å²) in [4.78, 5) is 75.0. The van der Waals surface area contributed by atoms with Crippen molar-refractivity contribution in [2.75, 3.05) is 19.6 Å². The number of hydrogen-bond acceptors (Lipinski definition) is 8. The number of aromatic hydroxyl groups is 1. The van der Waals surface area contributed by atoms with Gasteiger partial charge in [-0.3, -0.25) is 24.5 Å². The number of nitro benzene ring substituents is 1. The molecule has 3 aromatic rings. The van der Waals surface area contributed by atoms with E-state index in [-0.39, 0.29) is 35.4 Å². The number of aromatic amines is 1. The zero-order valence-corrected chi connectivity index (χ0v) is 23.1. The molecule has 3 aliphatic rings. The second-order valence-corrected chi connectivity index (χ2v) is 11.2. The lowest BCUT2D eigenvalue weighted by Gasteiger charge is -2.33. The van der Waals surface area contributed by atoms with Gasteiger partial charge in [-0.1, -0.05) is 0 Å². The average molecular weight is 591 g/mol. The van der Waals surface area contributed by atoms with E-state index in [1.807, 2.05) is 0 Å².